The van der Waals surface area contributed by atoms with Crippen LogP contribution in [-0.4, -0.2) is 38.0 Å². The van der Waals surface area contributed by atoms with Crippen molar-refractivity contribution in [3.63, 3.8) is 0 Å². The third kappa shape index (κ3) is 1.90. The minimum absolute atomic E-state index is 0.119. The molecule has 1 aliphatic carbocycles. The minimum Gasteiger partial charge on any atom is -0.389 e. The molecule has 0 radical (unpaired) electrons. The van der Waals surface area contributed by atoms with Crippen molar-refractivity contribution in [2.75, 3.05) is 0 Å². The van der Waals surface area contributed by atoms with Gasteiger partial charge in [-0.3, -0.25) is 14.3 Å². The summed E-state index contributed by atoms with van der Waals surface area (Å²) in [5.41, 5.74) is 3.56. The lowest BCUT2D eigenvalue weighted by molar-refractivity contribution is 0.0171. The highest BCUT2D eigenvalue weighted by atomic mass is 19.1. The van der Waals surface area contributed by atoms with Crippen LogP contribution >= 0.6 is 0 Å². The van der Waals surface area contributed by atoms with Crippen LogP contribution in [0.4, 0.5) is 4.39 Å². The number of nitrogens with one attached hydrogen (secondary N) is 1. The first-order valence-electron chi connectivity index (χ1n) is 5.04. The molecular formula is C9H12FN3O4. The number of aliphatic hydroxyl groups excluding tert-OH is 2. The van der Waals surface area contributed by atoms with Crippen LogP contribution in [0.3, 0.4) is 0 Å². The summed E-state index contributed by atoms with van der Waals surface area (Å²) in [6.45, 7) is 0. The van der Waals surface area contributed by atoms with Gasteiger partial charge in [0.1, 0.15) is 6.10 Å². The molecule has 8 heteroatoms. The zero-order chi connectivity index (χ0) is 12.7. The van der Waals surface area contributed by atoms with E-state index >= 15 is 0 Å². The molecule has 0 amide bonds. The molecule has 0 aromatic carbocycles. The summed E-state index contributed by atoms with van der Waals surface area (Å²) >= 11 is 0. The molecule has 0 saturated heterocycles. The van der Waals surface area contributed by atoms with Gasteiger partial charge >= 0.3 is 5.69 Å². The largest absolute Gasteiger partial charge is 0.389 e. The van der Waals surface area contributed by atoms with Gasteiger partial charge in [-0.1, -0.05) is 0 Å². The van der Waals surface area contributed by atoms with Crippen molar-refractivity contribution in [2.45, 2.75) is 30.7 Å². The van der Waals surface area contributed by atoms with E-state index in [-0.39, 0.29) is 6.42 Å². The quantitative estimate of drug-likeness (QED) is 0.442. The predicted octanol–water partition coefficient (Wildman–Crippen LogP) is -2.33. The fraction of sp³-hybridized carbons (Fsp3) is 0.556. The maximum absolute atomic E-state index is 13.1. The van der Waals surface area contributed by atoms with E-state index < -0.39 is 41.4 Å². The van der Waals surface area contributed by atoms with Gasteiger partial charge in [0.15, 0.2) is 0 Å². The lowest BCUT2D eigenvalue weighted by atomic mass is 10.2. The summed E-state index contributed by atoms with van der Waals surface area (Å²) in [4.78, 5) is 24.1. The van der Waals surface area contributed by atoms with Crippen LogP contribution in [0.2, 0.25) is 0 Å². The normalized spacial score (nSPS) is 32.9. The van der Waals surface area contributed by atoms with Crippen LogP contribution < -0.4 is 17.0 Å². The van der Waals surface area contributed by atoms with Crippen molar-refractivity contribution in [3.05, 3.63) is 32.9 Å². The van der Waals surface area contributed by atoms with Crippen LogP contribution in [0.15, 0.2) is 15.8 Å². The Bertz CT molecular complexity index is 540. The Labute approximate surface area is 94.3 Å². The van der Waals surface area contributed by atoms with Crippen molar-refractivity contribution in [2.24, 2.45) is 5.73 Å². The highest BCUT2D eigenvalue weighted by Gasteiger charge is 2.41. The Morgan fingerprint density at radius 1 is 1.41 bits per heavy atom. The molecule has 7 nitrogen and oxygen atoms in total. The summed E-state index contributed by atoms with van der Waals surface area (Å²) in [7, 11) is 0. The number of nitrogens with zero attached hydrogens (tertiary/aromatic N) is 1. The van der Waals surface area contributed by atoms with Crippen molar-refractivity contribution in [1.82, 2.24) is 9.55 Å². The van der Waals surface area contributed by atoms with Crippen LogP contribution in [0, 0.1) is 5.82 Å². The maximum atomic E-state index is 13.1. The van der Waals surface area contributed by atoms with Gasteiger partial charge in [-0.15, -0.1) is 0 Å². The third-order valence-corrected chi connectivity index (χ3v) is 2.98. The Morgan fingerprint density at radius 2 is 2.06 bits per heavy atom. The molecule has 1 fully saturated rings. The second-order valence-corrected chi connectivity index (χ2v) is 4.09. The summed E-state index contributed by atoms with van der Waals surface area (Å²) in [6.07, 6.45) is -1.62. The zero-order valence-corrected chi connectivity index (χ0v) is 8.71. The number of rotatable bonds is 1. The molecule has 1 aromatic heterocycles. The first kappa shape index (κ1) is 12.0. The second kappa shape index (κ2) is 4.06. The molecule has 1 aromatic rings. The fourth-order valence-corrected chi connectivity index (χ4v) is 2.02. The monoisotopic (exact) mass is 245 g/mol. The average Bonchev–Trinajstić information content (AvgIpc) is 2.51. The number of nitrogens with two attached hydrogens (primary N) is 1. The van der Waals surface area contributed by atoms with Crippen LogP contribution in [0.25, 0.3) is 0 Å². The highest BCUT2D eigenvalue weighted by molar-refractivity contribution is 5.00. The van der Waals surface area contributed by atoms with Gasteiger partial charge in [0.25, 0.3) is 5.56 Å². The van der Waals surface area contributed by atoms with E-state index in [4.69, 9.17) is 5.73 Å². The first-order chi connectivity index (χ1) is 7.91. The molecule has 1 aliphatic rings. The molecule has 94 valence electrons. The maximum Gasteiger partial charge on any atom is 0.328 e. The van der Waals surface area contributed by atoms with Crippen LogP contribution in [0.1, 0.15) is 12.5 Å². The number of aromatic nitrogens is 2. The number of H-pyrrole nitrogens is 1. The molecule has 1 heterocycles. The lowest BCUT2D eigenvalue weighted by Crippen LogP contribution is -2.39. The molecule has 0 unspecified atom stereocenters. The zero-order valence-electron chi connectivity index (χ0n) is 8.71. The molecule has 4 atom stereocenters. The van der Waals surface area contributed by atoms with E-state index in [2.05, 4.69) is 0 Å². The van der Waals surface area contributed by atoms with Gasteiger partial charge in [-0.25, -0.2) is 4.79 Å². The molecule has 2 rings (SSSR count). The van der Waals surface area contributed by atoms with Gasteiger partial charge in [0.05, 0.1) is 18.3 Å². The van der Waals surface area contributed by atoms with Crippen molar-refractivity contribution < 1.29 is 14.6 Å². The van der Waals surface area contributed by atoms with Gasteiger partial charge in [-0.2, -0.15) is 4.39 Å². The summed E-state index contributed by atoms with van der Waals surface area (Å²) in [6, 6.07) is -1.55. The van der Waals surface area contributed by atoms with Crippen LogP contribution in [-0.2, 0) is 0 Å². The molecule has 1 saturated carbocycles. The van der Waals surface area contributed by atoms with Crippen molar-refractivity contribution >= 4 is 0 Å². The smallest absolute Gasteiger partial charge is 0.328 e. The number of halogens is 1. The first-order valence-corrected chi connectivity index (χ1v) is 5.04. The SMILES string of the molecule is N[C@@H]1C[C@H](n2cc(F)c(=O)[nH]c2=O)[C@@H](O)[C@H]1O. The summed E-state index contributed by atoms with van der Waals surface area (Å²) in [5, 5.41) is 19.1. The Balaban J connectivity index is 2.46. The summed E-state index contributed by atoms with van der Waals surface area (Å²) in [5.74, 6) is -1.13. The molecular weight excluding hydrogens is 233 g/mol. The number of aromatic amines is 1. The minimum atomic E-state index is -1.27. The molecule has 0 aliphatic heterocycles. The van der Waals surface area contributed by atoms with Crippen molar-refractivity contribution in [3.8, 4) is 0 Å². The number of aliphatic hydroxyl groups is 2. The highest BCUT2D eigenvalue weighted by Crippen LogP contribution is 2.28. The molecule has 17 heavy (non-hydrogen) atoms. The topological polar surface area (TPSA) is 121 Å². The van der Waals surface area contributed by atoms with Gasteiger partial charge < -0.3 is 15.9 Å². The van der Waals surface area contributed by atoms with E-state index in [1.54, 1.807) is 4.98 Å². The van der Waals surface area contributed by atoms with Gasteiger partial charge in [-0.05, 0) is 6.42 Å². The van der Waals surface area contributed by atoms with E-state index in [1.807, 2.05) is 0 Å². The van der Waals surface area contributed by atoms with Crippen molar-refractivity contribution in [1.29, 1.82) is 0 Å². The molecule has 0 spiro atoms. The lowest BCUT2D eigenvalue weighted by Gasteiger charge is -2.18. The van der Waals surface area contributed by atoms with E-state index in [9.17, 15) is 24.2 Å². The van der Waals surface area contributed by atoms with Gasteiger partial charge in [0.2, 0.25) is 5.82 Å². The molecule has 5 N–H and O–H groups in total. The average molecular weight is 245 g/mol. The van der Waals surface area contributed by atoms with E-state index in [1.165, 1.54) is 0 Å². The van der Waals surface area contributed by atoms with Gasteiger partial charge in [0, 0.05) is 6.04 Å². The van der Waals surface area contributed by atoms with E-state index in [0.717, 1.165) is 4.57 Å². The predicted molar refractivity (Wildman–Crippen MR) is 54.9 cm³/mol. The number of hydrogen-bond donors (Lipinski definition) is 4. The Kier molecular flexibility index (Phi) is 2.86. The second-order valence-electron chi connectivity index (χ2n) is 4.09. The Hall–Kier alpha value is -1.51. The van der Waals surface area contributed by atoms with E-state index in [0.29, 0.717) is 6.20 Å². The molecule has 0 bridgehead atoms. The van der Waals surface area contributed by atoms with Crippen LogP contribution in [0.5, 0.6) is 0 Å². The standard InChI is InChI=1S/C9H12FN3O4/c10-3-2-13(9(17)12-8(3)16)5-1-4(11)6(14)7(5)15/h2,4-7,14-15H,1,11H2,(H,12,16,17)/t4-,5+,6+,7-/m1/s1. The number of hydrogen-bond acceptors (Lipinski definition) is 5. The Morgan fingerprint density at radius 3 is 2.59 bits per heavy atom. The third-order valence-electron chi connectivity index (χ3n) is 2.98. The fourth-order valence-electron chi connectivity index (χ4n) is 2.02. The summed E-state index contributed by atoms with van der Waals surface area (Å²) < 4.78 is 13.9.